The lowest BCUT2D eigenvalue weighted by Crippen LogP contribution is -2.15. The monoisotopic (exact) mass is 389 g/mol. The van der Waals surface area contributed by atoms with E-state index in [1.165, 1.54) is 43.8 Å². The summed E-state index contributed by atoms with van der Waals surface area (Å²) in [6.45, 7) is 0. The van der Waals surface area contributed by atoms with Gasteiger partial charge in [0.2, 0.25) is 5.82 Å². The van der Waals surface area contributed by atoms with Crippen molar-refractivity contribution in [2.24, 2.45) is 0 Å². The highest BCUT2D eigenvalue weighted by atomic mass is 32.2. The van der Waals surface area contributed by atoms with E-state index < -0.39 is 16.0 Å². The highest BCUT2D eigenvalue weighted by Gasteiger charge is 2.18. The first-order valence-corrected chi connectivity index (χ1v) is 8.82. The second-order valence-corrected chi connectivity index (χ2v) is 6.53. The topological polar surface area (TPSA) is 143 Å². The molecule has 0 spiro atoms. The van der Waals surface area contributed by atoms with E-state index in [0.717, 1.165) is 13.3 Å². The van der Waals surface area contributed by atoms with E-state index in [1.54, 1.807) is 6.07 Å². The number of nitrogens with one attached hydrogen (secondary N) is 2. The van der Waals surface area contributed by atoms with Gasteiger partial charge < -0.3 is 14.8 Å². The summed E-state index contributed by atoms with van der Waals surface area (Å²) in [6.07, 6.45) is 3.86. The molecule has 0 aliphatic carbocycles. The fourth-order valence-corrected chi connectivity index (χ4v) is 2.87. The van der Waals surface area contributed by atoms with Crippen LogP contribution in [0.5, 0.6) is 5.88 Å². The van der Waals surface area contributed by atoms with Crippen LogP contribution in [0.15, 0.2) is 53.3 Å². The molecule has 2 rings (SSSR count). The van der Waals surface area contributed by atoms with Crippen LogP contribution in [0.1, 0.15) is 0 Å². The molecule has 11 heteroatoms. The number of nitriles is 1. The second kappa shape index (κ2) is 8.63. The number of benzene rings is 1. The first kappa shape index (κ1) is 19.7. The highest BCUT2D eigenvalue weighted by molar-refractivity contribution is 7.92. The fraction of sp³-hybridized carbons (Fsp3) is 0.125. The zero-order chi connectivity index (χ0) is 19.9. The van der Waals surface area contributed by atoms with Gasteiger partial charge in [0.15, 0.2) is 5.57 Å². The van der Waals surface area contributed by atoms with E-state index in [9.17, 15) is 13.2 Å². The van der Waals surface area contributed by atoms with E-state index in [2.05, 4.69) is 24.7 Å². The molecule has 0 bridgehead atoms. The molecule has 1 aromatic heterocycles. The van der Waals surface area contributed by atoms with Crippen LogP contribution in [-0.2, 0) is 19.6 Å². The number of anilines is 2. The normalized spacial score (nSPS) is 11.2. The Balaban J connectivity index is 2.17. The van der Waals surface area contributed by atoms with Crippen LogP contribution < -0.4 is 14.8 Å². The minimum Gasteiger partial charge on any atom is -0.478 e. The number of rotatable bonds is 7. The Morgan fingerprint density at radius 3 is 2.44 bits per heavy atom. The van der Waals surface area contributed by atoms with Gasteiger partial charge in [-0.25, -0.2) is 23.2 Å². The van der Waals surface area contributed by atoms with Gasteiger partial charge in [0.25, 0.3) is 15.9 Å². The predicted molar refractivity (Wildman–Crippen MR) is 95.2 cm³/mol. The van der Waals surface area contributed by atoms with Gasteiger partial charge in [0, 0.05) is 24.3 Å². The van der Waals surface area contributed by atoms with Gasteiger partial charge in [-0.15, -0.1) is 0 Å². The molecule has 10 nitrogen and oxygen atoms in total. The minimum atomic E-state index is -3.92. The molecule has 2 N–H and O–H groups in total. The average Bonchev–Trinajstić information content (AvgIpc) is 2.68. The average molecular weight is 389 g/mol. The largest absolute Gasteiger partial charge is 0.478 e. The third-order valence-corrected chi connectivity index (χ3v) is 4.52. The Morgan fingerprint density at radius 1 is 1.19 bits per heavy atom. The number of hydrogen-bond donors (Lipinski definition) is 2. The van der Waals surface area contributed by atoms with Gasteiger partial charge in [-0.3, -0.25) is 4.72 Å². The zero-order valence-corrected chi connectivity index (χ0v) is 15.1. The summed E-state index contributed by atoms with van der Waals surface area (Å²) in [5.74, 6) is -0.787. The number of sulfonamides is 1. The molecule has 2 aromatic rings. The molecule has 0 amide bonds. The number of esters is 1. The lowest BCUT2D eigenvalue weighted by Gasteiger charge is -2.10. The summed E-state index contributed by atoms with van der Waals surface area (Å²) in [5, 5.41) is 11.6. The van der Waals surface area contributed by atoms with Crippen molar-refractivity contribution in [3.63, 3.8) is 0 Å². The molecule has 0 aliphatic rings. The highest BCUT2D eigenvalue weighted by Crippen LogP contribution is 2.22. The molecule has 0 saturated heterocycles. The molecule has 1 heterocycles. The Labute approximate surface area is 155 Å². The van der Waals surface area contributed by atoms with Crippen molar-refractivity contribution in [2.45, 2.75) is 4.90 Å². The van der Waals surface area contributed by atoms with Crippen LogP contribution >= 0.6 is 0 Å². The third-order valence-electron chi connectivity index (χ3n) is 3.16. The standard InChI is InChI=1S/C16H15N5O5S/c1-25-15-14(18-7-8-19-15)21-27(23,24)13-5-3-12(4-6-13)20-10-11(9-17)16(22)26-2/h3-8,10,20H,1-2H3,(H,18,21)/b11-10-. The maximum Gasteiger partial charge on any atom is 0.350 e. The quantitative estimate of drug-likeness (QED) is 0.406. The third kappa shape index (κ3) is 4.93. The van der Waals surface area contributed by atoms with Crippen LogP contribution in [0.4, 0.5) is 11.5 Å². The Hall–Kier alpha value is -3.65. The van der Waals surface area contributed by atoms with Crippen molar-refractivity contribution in [3.05, 3.63) is 48.4 Å². The number of hydrogen-bond acceptors (Lipinski definition) is 9. The minimum absolute atomic E-state index is 0.0294. The number of nitrogens with zero attached hydrogens (tertiary/aromatic N) is 3. The van der Waals surface area contributed by atoms with Crippen molar-refractivity contribution in [3.8, 4) is 11.9 Å². The van der Waals surface area contributed by atoms with E-state index in [-0.39, 0.29) is 22.2 Å². The molecule has 0 fully saturated rings. The van der Waals surface area contributed by atoms with Crippen LogP contribution in [0, 0.1) is 11.3 Å². The van der Waals surface area contributed by atoms with Crippen LogP contribution in [0.25, 0.3) is 0 Å². The molecular formula is C16H15N5O5S. The van der Waals surface area contributed by atoms with Crippen molar-refractivity contribution in [1.29, 1.82) is 5.26 Å². The lowest BCUT2D eigenvalue weighted by atomic mass is 10.3. The maximum atomic E-state index is 12.5. The van der Waals surface area contributed by atoms with E-state index in [1.807, 2.05) is 0 Å². The smallest absolute Gasteiger partial charge is 0.350 e. The summed E-state index contributed by atoms with van der Waals surface area (Å²) in [6, 6.07) is 7.29. The van der Waals surface area contributed by atoms with E-state index >= 15 is 0 Å². The summed E-state index contributed by atoms with van der Waals surface area (Å²) >= 11 is 0. The molecule has 0 atom stereocenters. The molecule has 27 heavy (non-hydrogen) atoms. The predicted octanol–water partition coefficient (Wildman–Crippen LogP) is 1.28. The second-order valence-electron chi connectivity index (χ2n) is 4.85. The fourth-order valence-electron chi connectivity index (χ4n) is 1.86. The molecule has 0 unspecified atom stereocenters. The van der Waals surface area contributed by atoms with Gasteiger partial charge in [0.1, 0.15) is 6.07 Å². The van der Waals surface area contributed by atoms with Gasteiger partial charge in [-0.05, 0) is 24.3 Å². The van der Waals surface area contributed by atoms with Gasteiger partial charge in [-0.1, -0.05) is 0 Å². The van der Waals surface area contributed by atoms with Crippen molar-refractivity contribution >= 4 is 27.5 Å². The van der Waals surface area contributed by atoms with E-state index in [0.29, 0.717) is 5.69 Å². The molecule has 140 valence electrons. The summed E-state index contributed by atoms with van der Waals surface area (Å²) in [4.78, 5) is 19.0. The van der Waals surface area contributed by atoms with Crippen molar-refractivity contribution in [1.82, 2.24) is 9.97 Å². The summed E-state index contributed by atoms with van der Waals surface area (Å²) < 4.78 is 36.6. The Morgan fingerprint density at radius 2 is 1.85 bits per heavy atom. The molecule has 0 aliphatic heterocycles. The van der Waals surface area contributed by atoms with Gasteiger partial charge in [0.05, 0.1) is 19.1 Å². The van der Waals surface area contributed by atoms with Gasteiger partial charge in [-0.2, -0.15) is 5.26 Å². The molecular weight excluding hydrogens is 374 g/mol. The summed E-state index contributed by atoms with van der Waals surface area (Å²) in [7, 11) is -1.41. The molecule has 1 aromatic carbocycles. The Bertz CT molecular complexity index is 997. The SMILES string of the molecule is COC(=O)/C(C#N)=C\Nc1ccc(S(=O)(=O)Nc2nccnc2OC)cc1. The lowest BCUT2D eigenvalue weighted by molar-refractivity contribution is -0.135. The number of ether oxygens (including phenoxy) is 2. The number of aromatic nitrogens is 2. The first-order valence-electron chi connectivity index (χ1n) is 7.34. The van der Waals surface area contributed by atoms with Crippen molar-refractivity contribution < 1.29 is 22.7 Å². The van der Waals surface area contributed by atoms with Crippen LogP contribution in [-0.4, -0.2) is 38.6 Å². The van der Waals surface area contributed by atoms with Crippen molar-refractivity contribution in [2.75, 3.05) is 24.3 Å². The molecule has 0 saturated carbocycles. The maximum absolute atomic E-state index is 12.5. The van der Waals surface area contributed by atoms with Crippen LogP contribution in [0.3, 0.4) is 0 Å². The van der Waals surface area contributed by atoms with E-state index in [4.69, 9.17) is 10.00 Å². The first-order chi connectivity index (χ1) is 12.9. The Kier molecular flexibility index (Phi) is 6.29. The zero-order valence-electron chi connectivity index (χ0n) is 14.3. The van der Waals surface area contributed by atoms with Gasteiger partial charge >= 0.3 is 5.97 Å². The summed E-state index contributed by atoms with van der Waals surface area (Å²) in [5.41, 5.74) is 0.230. The molecule has 0 radical (unpaired) electrons. The number of carbonyl (C=O) groups is 1. The van der Waals surface area contributed by atoms with Crippen LogP contribution in [0.2, 0.25) is 0 Å². The number of methoxy groups -OCH3 is 2. The number of carbonyl (C=O) groups excluding carboxylic acids is 1.